The number of ether oxygens (including phenoxy) is 2. The van der Waals surface area contributed by atoms with Gasteiger partial charge >= 0.3 is 12.0 Å². The molecule has 0 bridgehead atoms. The first kappa shape index (κ1) is 23.0. The van der Waals surface area contributed by atoms with Crippen molar-refractivity contribution in [3.05, 3.63) is 60.2 Å². The maximum absolute atomic E-state index is 14.4. The Balaban J connectivity index is 2.03. The topological polar surface area (TPSA) is 93.6 Å². The van der Waals surface area contributed by atoms with Crippen LogP contribution in [0.3, 0.4) is 0 Å². The number of nitrogens with zero attached hydrogens (tertiary/aromatic N) is 2. The minimum absolute atomic E-state index is 0.0264. The number of anilines is 2. The van der Waals surface area contributed by atoms with E-state index < -0.39 is 11.8 Å². The van der Waals surface area contributed by atoms with Crippen molar-refractivity contribution in [1.82, 2.24) is 9.97 Å². The van der Waals surface area contributed by atoms with E-state index in [2.05, 4.69) is 15.3 Å². The number of benzene rings is 2. The van der Waals surface area contributed by atoms with Crippen LogP contribution in [-0.4, -0.2) is 34.8 Å². The number of carbonyl (C=O) groups is 1. The fourth-order valence-corrected chi connectivity index (χ4v) is 3.45. The molecule has 0 aliphatic carbocycles. The molecule has 0 aliphatic heterocycles. The zero-order valence-electron chi connectivity index (χ0n) is 18.3. The van der Waals surface area contributed by atoms with Crippen LogP contribution in [0.25, 0.3) is 11.1 Å². The first-order valence-electron chi connectivity index (χ1n) is 10.4. The Morgan fingerprint density at radius 1 is 1.16 bits per heavy atom. The summed E-state index contributed by atoms with van der Waals surface area (Å²) < 4.78 is 24.7. The van der Waals surface area contributed by atoms with Crippen molar-refractivity contribution in [2.45, 2.75) is 32.6 Å². The summed E-state index contributed by atoms with van der Waals surface area (Å²) in [7, 11) is 1.42. The van der Waals surface area contributed by atoms with Gasteiger partial charge in [-0.25, -0.2) is 14.4 Å². The average molecular weight is 439 g/mol. The standard InChI is InChI=1S/C24H26FN3O4/c1-4-15(12-23(29)30)16-6-8-19(17-7-9-22(31-3)20(25)10-17)21(11-16)28-18-13-26-24(27-14-18)32-5-2/h6-11,13-15,28H,4-5,12H2,1-3H3,(H,29,30)/t15-/m1/s1. The van der Waals surface area contributed by atoms with E-state index in [4.69, 9.17) is 9.47 Å². The largest absolute Gasteiger partial charge is 0.494 e. The Kier molecular flexibility index (Phi) is 7.59. The molecule has 8 heteroatoms. The highest BCUT2D eigenvalue weighted by Crippen LogP contribution is 2.36. The molecule has 0 unspecified atom stereocenters. The Morgan fingerprint density at radius 2 is 1.91 bits per heavy atom. The highest BCUT2D eigenvalue weighted by molar-refractivity contribution is 5.82. The minimum atomic E-state index is -0.854. The van der Waals surface area contributed by atoms with Crippen LogP contribution in [0.2, 0.25) is 0 Å². The lowest BCUT2D eigenvalue weighted by Crippen LogP contribution is -2.06. The lowest BCUT2D eigenvalue weighted by Gasteiger charge is -2.18. The molecule has 2 aromatic carbocycles. The fourth-order valence-electron chi connectivity index (χ4n) is 3.45. The predicted molar refractivity (Wildman–Crippen MR) is 120 cm³/mol. The van der Waals surface area contributed by atoms with Gasteiger partial charge in [0.25, 0.3) is 0 Å². The van der Waals surface area contributed by atoms with Crippen LogP contribution in [0.4, 0.5) is 15.8 Å². The van der Waals surface area contributed by atoms with E-state index in [1.165, 1.54) is 13.2 Å². The maximum atomic E-state index is 14.4. The number of hydrogen-bond acceptors (Lipinski definition) is 6. The highest BCUT2D eigenvalue weighted by Gasteiger charge is 2.17. The number of carboxylic acid groups (broad SMARTS) is 1. The van der Waals surface area contributed by atoms with Crippen molar-refractivity contribution in [2.24, 2.45) is 0 Å². The zero-order chi connectivity index (χ0) is 23.1. The van der Waals surface area contributed by atoms with Crippen molar-refractivity contribution in [3.63, 3.8) is 0 Å². The van der Waals surface area contributed by atoms with Gasteiger partial charge in [0.2, 0.25) is 0 Å². The summed E-state index contributed by atoms with van der Waals surface area (Å²) >= 11 is 0. The highest BCUT2D eigenvalue weighted by atomic mass is 19.1. The fraction of sp³-hybridized carbons (Fsp3) is 0.292. The third-order valence-electron chi connectivity index (χ3n) is 5.07. The van der Waals surface area contributed by atoms with Gasteiger partial charge in [-0.05, 0) is 48.6 Å². The monoisotopic (exact) mass is 439 g/mol. The van der Waals surface area contributed by atoms with Gasteiger partial charge in [0.15, 0.2) is 11.6 Å². The first-order chi connectivity index (χ1) is 15.4. The Hall–Kier alpha value is -3.68. The first-order valence-corrected chi connectivity index (χ1v) is 10.4. The molecule has 3 rings (SSSR count). The molecule has 0 fully saturated rings. The van der Waals surface area contributed by atoms with Crippen molar-refractivity contribution in [3.8, 4) is 22.9 Å². The number of rotatable bonds is 10. The molecule has 1 atom stereocenters. The smallest absolute Gasteiger partial charge is 0.316 e. The molecule has 0 amide bonds. The number of halogens is 1. The summed E-state index contributed by atoms with van der Waals surface area (Å²) in [6, 6.07) is 10.7. The molecule has 3 aromatic rings. The number of nitrogens with one attached hydrogen (secondary N) is 1. The Bertz CT molecular complexity index is 1070. The quantitative estimate of drug-likeness (QED) is 0.437. The molecular formula is C24H26FN3O4. The summed E-state index contributed by atoms with van der Waals surface area (Å²) in [4.78, 5) is 19.6. The van der Waals surface area contributed by atoms with Gasteiger partial charge in [-0.2, -0.15) is 0 Å². The van der Waals surface area contributed by atoms with Crippen LogP contribution >= 0.6 is 0 Å². The van der Waals surface area contributed by atoms with Crippen LogP contribution in [0.5, 0.6) is 11.8 Å². The average Bonchev–Trinajstić information content (AvgIpc) is 2.79. The summed E-state index contributed by atoms with van der Waals surface area (Å²) in [5.74, 6) is -1.31. The second-order valence-corrected chi connectivity index (χ2v) is 7.17. The van der Waals surface area contributed by atoms with Crippen molar-refractivity contribution in [2.75, 3.05) is 19.0 Å². The van der Waals surface area contributed by atoms with E-state index in [0.29, 0.717) is 30.0 Å². The zero-order valence-corrected chi connectivity index (χ0v) is 18.3. The van der Waals surface area contributed by atoms with Crippen LogP contribution in [-0.2, 0) is 4.79 Å². The van der Waals surface area contributed by atoms with Crippen LogP contribution in [0, 0.1) is 5.82 Å². The predicted octanol–water partition coefficient (Wildman–Crippen LogP) is 5.40. The summed E-state index contributed by atoms with van der Waals surface area (Å²) in [6.07, 6.45) is 3.89. The molecule has 1 aromatic heterocycles. The third kappa shape index (κ3) is 5.51. The molecule has 7 nitrogen and oxygen atoms in total. The molecule has 32 heavy (non-hydrogen) atoms. The van der Waals surface area contributed by atoms with E-state index >= 15 is 0 Å². The van der Waals surface area contributed by atoms with Gasteiger partial charge in [-0.1, -0.05) is 25.1 Å². The molecule has 0 aliphatic rings. The third-order valence-corrected chi connectivity index (χ3v) is 5.07. The normalized spacial score (nSPS) is 11.6. The number of aromatic nitrogens is 2. The summed E-state index contributed by atoms with van der Waals surface area (Å²) in [5, 5.41) is 12.5. The molecule has 168 valence electrons. The second kappa shape index (κ2) is 10.6. The van der Waals surface area contributed by atoms with Gasteiger partial charge < -0.3 is 19.9 Å². The molecule has 0 saturated carbocycles. The van der Waals surface area contributed by atoms with E-state index in [-0.39, 0.29) is 24.1 Å². The van der Waals surface area contributed by atoms with Crippen LogP contribution < -0.4 is 14.8 Å². The van der Waals surface area contributed by atoms with E-state index in [9.17, 15) is 14.3 Å². The molecule has 0 saturated heterocycles. The second-order valence-electron chi connectivity index (χ2n) is 7.17. The van der Waals surface area contributed by atoms with Gasteiger partial charge in [-0.3, -0.25) is 4.79 Å². The molecular weight excluding hydrogens is 413 g/mol. The van der Waals surface area contributed by atoms with Gasteiger partial charge in [0, 0.05) is 11.3 Å². The Morgan fingerprint density at radius 3 is 2.50 bits per heavy atom. The van der Waals surface area contributed by atoms with Crippen molar-refractivity contribution >= 4 is 17.3 Å². The van der Waals surface area contributed by atoms with E-state index in [0.717, 1.165) is 11.1 Å². The molecule has 0 spiro atoms. The minimum Gasteiger partial charge on any atom is -0.494 e. The molecule has 2 N–H and O–H groups in total. The van der Waals surface area contributed by atoms with E-state index in [1.54, 1.807) is 24.5 Å². The number of aliphatic carboxylic acids is 1. The number of carboxylic acids is 1. The van der Waals surface area contributed by atoms with Gasteiger partial charge in [0.05, 0.1) is 38.2 Å². The van der Waals surface area contributed by atoms with Crippen molar-refractivity contribution in [1.29, 1.82) is 0 Å². The number of hydrogen-bond donors (Lipinski definition) is 2. The number of methoxy groups -OCH3 is 1. The van der Waals surface area contributed by atoms with E-state index in [1.807, 2.05) is 32.0 Å². The lowest BCUT2D eigenvalue weighted by molar-refractivity contribution is -0.137. The lowest BCUT2D eigenvalue weighted by atomic mass is 9.90. The van der Waals surface area contributed by atoms with Crippen LogP contribution in [0.15, 0.2) is 48.8 Å². The Labute approximate surface area is 186 Å². The summed E-state index contributed by atoms with van der Waals surface area (Å²) in [6.45, 7) is 4.26. The molecule has 0 radical (unpaired) electrons. The van der Waals surface area contributed by atoms with Gasteiger partial charge in [0.1, 0.15) is 0 Å². The SMILES string of the molecule is CCOc1ncc(Nc2cc([C@H](CC)CC(=O)O)ccc2-c2ccc(OC)c(F)c2)cn1. The van der Waals surface area contributed by atoms with Crippen molar-refractivity contribution < 1.29 is 23.8 Å². The van der Waals surface area contributed by atoms with Crippen LogP contribution in [0.1, 0.15) is 38.2 Å². The van der Waals surface area contributed by atoms with Gasteiger partial charge in [-0.15, -0.1) is 0 Å². The summed E-state index contributed by atoms with van der Waals surface area (Å²) in [5.41, 5.74) is 3.57. The molecule has 1 heterocycles. The maximum Gasteiger partial charge on any atom is 0.316 e.